The molecule has 2 aromatic carbocycles. The van der Waals surface area contributed by atoms with Gasteiger partial charge in [0, 0.05) is 44.8 Å². The van der Waals surface area contributed by atoms with E-state index in [1.54, 1.807) is 9.58 Å². The van der Waals surface area contributed by atoms with Crippen LogP contribution in [-0.4, -0.2) is 74.5 Å². The number of amides is 2. The first kappa shape index (κ1) is 22.2. The molecule has 0 saturated carbocycles. The predicted molar refractivity (Wildman–Crippen MR) is 127 cm³/mol. The normalized spacial score (nSPS) is 19.1. The van der Waals surface area contributed by atoms with Gasteiger partial charge in [0.2, 0.25) is 11.8 Å². The Labute approximate surface area is 198 Å². The molecule has 1 atom stereocenters. The summed E-state index contributed by atoms with van der Waals surface area (Å²) < 4.78 is 1.76. The number of hydrogen-bond donors (Lipinski definition) is 0. The van der Waals surface area contributed by atoms with Crippen molar-refractivity contribution in [3.8, 4) is 5.69 Å². The van der Waals surface area contributed by atoms with E-state index in [4.69, 9.17) is 0 Å². The molecule has 176 valence electrons. The molecule has 5 rings (SSSR count). The van der Waals surface area contributed by atoms with E-state index >= 15 is 0 Å². The highest BCUT2D eigenvalue weighted by Crippen LogP contribution is 2.27. The van der Waals surface area contributed by atoms with Crippen molar-refractivity contribution >= 4 is 17.5 Å². The molecular formula is C25H29N7O2. The third kappa shape index (κ3) is 4.56. The molecule has 34 heavy (non-hydrogen) atoms. The van der Waals surface area contributed by atoms with Gasteiger partial charge in [-0.25, -0.2) is 0 Å². The zero-order valence-electron chi connectivity index (χ0n) is 19.6. The Hall–Kier alpha value is -3.59. The minimum Gasteiger partial charge on any atom is -0.340 e. The highest BCUT2D eigenvalue weighted by Gasteiger charge is 2.38. The van der Waals surface area contributed by atoms with Crippen LogP contribution in [0, 0.1) is 19.8 Å². The van der Waals surface area contributed by atoms with Crippen molar-refractivity contribution in [3.63, 3.8) is 0 Å². The lowest BCUT2D eigenvalue weighted by molar-refractivity contribution is -0.137. The Bertz CT molecular complexity index is 1160. The predicted octanol–water partition coefficient (Wildman–Crippen LogP) is 1.98. The number of benzene rings is 2. The fourth-order valence-electron chi connectivity index (χ4n) is 4.62. The van der Waals surface area contributed by atoms with Gasteiger partial charge in [-0.2, -0.15) is 4.68 Å². The van der Waals surface area contributed by atoms with E-state index in [1.807, 2.05) is 67.3 Å². The van der Waals surface area contributed by atoms with Crippen LogP contribution in [-0.2, 0) is 16.1 Å². The SMILES string of the molecule is Cc1ccc(N2CC(C(=O)N3CCN(Cc4nnnn4-c4ccc(C)cc4)CC3)CC2=O)cc1. The quantitative estimate of drug-likeness (QED) is 0.580. The van der Waals surface area contributed by atoms with Crippen LogP contribution >= 0.6 is 0 Å². The average Bonchev–Trinajstić information content (AvgIpc) is 3.47. The lowest BCUT2D eigenvalue weighted by Crippen LogP contribution is -2.50. The van der Waals surface area contributed by atoms with Crippen molar-refractivity contribution in [1.29, 1.82) is 0 Å². The lowest BCUT2D eigenvalue weighted by Gasteiger charge is -2.35. The summed E-state index contributed by atoms with van der Waals surface area (Å²) in [7, 11) is 0. The van der Waals surface area contributed by atoms with Gasteiger partial charge in [0.15, 0.2) is 5.82 Å². The van der Waals surface area contributed by atoms with Gasteiger partial charge in [0.25, 0.3) is 0 Å². The highest BCUT2D eigenvalue weighted by molar-refractivity contribution is 6.00. The Balaban J connectivity index is 1.17. The van der Waals surface area contributed by atoms with Gasteiger partial charge in [0.1, 0.15) is 0 Å². The van der Waals surface area contributed by atoms with Gasteiger partial charge >= 0.3 is 0 Å². The van der Waals surface area contributed by atoms with Gasteiger partial charge in [0.05, 0.1) is 18.2 Å². The monoisotopic (exact) mass is 459 g/mol. The van der Waals surface area contributed by atoms with Crippen LogP contribution < -0.4 is 4.90 Å². The summed E-state index contributed by atoms with van der Waals surface area (Å²) in [5.41, 5.74) is 4.13. The maximum absolute atomic E-state index is 13.2. The van der Waals surface area contributed by atoms with Crippen LogP contribution in [0.2, 0.25) is 0 Å². The second kappa shape index (κ2) is 9.34. The Morgan fingerprint density at radius 1 is 0.912 bits per heavy atom. The van der Waals surface area contributed by atoms with E-state index in [-0.39, 0.29) is 24.2 Å². The smallest absolute Gasteiger partial charge is 0.228 e. The van der Waals surface area contributed by atoms with Gasteiger partial charge in [-0.15, -0.1) is 5.10 Å². The van der Waals surface area contributed by atoms with Gasteiger partial charge in [-0.3, -0.25) is 14.5 Å². The van der Waals surface area contributed by atoms with Crippen LogP contribution in [0.25, 0.3) is 5.69 Å². The van der Waals surface area contributed by atoms with Crippen LogP contribution in [0.3, 0.4) is 0 Å². The first-order chi connectivity index (χ1) is 16.5. The molecule has 1 unspecified atom stereocenters. The summed E-state index contributed by atoms with van der Waals surface area (Å²) >= 11 is 0. The fourth-order valence-corrected chi connectivity index (χ4v) is 4.62. The number of hydrogen-bond acceptors (Lipinski definition) is 6. The van der Waals surface area contributed by atoms with Crippen LogP contribution in [0.1, 0.15) is 23.4 Å². The van der Waals surface area contributed by atoms with Gasteiger partial charge in [-0.1, -0.05) is 35.4 Å². The van der Waals surface area contributed by atoms with E-state index in [2.05, 4.69) is 20.4 Å². The number of anilines is 1. The summed E-state index contributed by atoms with van der Waals surface area (Å²) in [6.45, 7) is 7.90. The standard InChI is InChI=1S/C25H29N7O2/c1-18-3-7-21(8-4-18)31-16-20(15-24(31)33)25(34)30-13-11-29(12-14-30)17-23-26-27-28-32(23)22-9-5-19(2)6-10-22/h3-10,20H,11-17H2,1-2H3. The number of aromatic nitrogens is 4. The van der Waals surface area contributed by atoms with Gasteiger partial charge in [-0.05, 0) is 48.5 Å². The van der Waals surface area contributed by atoms with E-state index < -0.39 is 0 Å². The number of aryl methyl sites for hydroxylation is 2. The molecule has 9 heteroatoms. The second-order valence-electron chi connectivity index (χ2n) is 9.18. The lowest BCUT2D eigenvalue weighted by atomic mass is 10.1. The Morgan fingerprint density at radius 2 is 1.53 bits per heavy atom. The summed E-state index contributed by atoms with van der Waals surface area (Å²) in [4.78, 5) is 31.6. The molecule has 1 aromatic heterocycles. The first-order valence-corrected chi connectivity index (χ1v) is 11.7. The maximum Gasteiger partial charge on any atom is 0.228 e. The zero-order chi connectivity index (χ0) is 23.7. The first-order valence-electron chi connectivity index (χ1n) is 11.7. The molecular weight excluding hydrogens is 430 g/mol. The third-order valence-corrected chi connectivity index (χ3v) is 6.68. The molecule has 0 aliphatic carbocycles. The van der Waals surface area contributed by atoms with Crippen molar-refractivity contribution < 1.29 is 9.59 Å². The second-order valence-corrected chi connectivity index (χ2v) is 9.18. The molecule has 2 amide bonds. The summed E-state index contributed by atoms with van der Waals surface area (Å²) in [6.07, 6.45) is 0.276. The molecule has 9 nitrogen and oxygen atoms in total. The number of piperazine rings is 1. The maximum atomic E-state index is 13.2. The molecule has 0 bridgehead atoms. The molecule has 0 radical (unpaired) electrons. The third-order valence-electron chi connectivity index (χ3n) is 6.68. The van der Waals surface area contributed by atoms with Crippen molar-refractivity contribution in [2.24, 2.45) is 5.92 Å². The minimum absolute atomic E-state index is 0.0174. The molecule has 2 aliphatic rings. The number of carbonyl (C=O) groups excluding carboxylic acids is 2. The average molecular weight is 460 g/mol. The summed E-state index contributed by atoms with van der Waals surface area (Å²) in [5, 5.41) is 12.2. The van der Waals surface area contributed by atoms with E-state index in [9.17, 15) is 9.59 Å². The Morgan fingerprint density at radius 3 is 2.18 bits per heavy atom. The van der Waals surface area contributed by atoms with Crippen LogP contribution in [0.15, 0.2) is 48.5 Å². The van der Waals surface area contributed by atoms with E-state index in [0.29, 0.717) is 26.2 Å². The largest absolute Gasteiger partial charge is 0.340 e. The van der Waals surface area contributed by atoms with Crippen molar-refractivity contribution in [2.75, 3.05) is 37.6 Å². The molecule has 0 N–H and O–H groups in total. The fraction of sp³-hybridized carbons (Fsp3) is 0.400. The molecule has 0 spiro atoms. The van der Waals surface area contributed by atoms with Gasteiger partial charge < -0.3 is 9.80 Å². The molecule has 2 fully saturated rings. The van der Waals surface area contributed by atoms with E-state index in [0.717, 1.165) is 35.9 Å². The summed E-state index contributed by atoms with van der Waals surface area (Å²) in [5.74, 6) is 0.587. The number of rotatable bonds is 5. The van der Waals surface area contributed by atoms with Crippen LogP contribution in [0.5, 0.6) is 0 Å². The van der Waals surface area contributed by atoms with Crippen LogP contribution in [0.4, 0.5) is 5.69 Å². The van der Waals surface area contributed by atoms with Crippen molar-refractivity contribution in [3.05, 3.63) is 65.5 Å². The molecule has 3 heterocycles. The minimum atomic E-state index is -0.283. The number of carbonyl (C=O) groups is 2. The van der Waals surface area contributed by atoms with E-state index in [1.165, 1.54) is 5.56 Å². The topological polar surface area (TPSA) is 87.5 Å². The number of nitrogens with zero attached hydrogens (tertiary/aromatic N) is 7. The Kier molecular flexibility index (Phi) is 6.10. The summed E-state index contributed by atoms with van der Waals surface area (Å²) in [6, 6.07) is 16.0. The zero-order valence-corrected chi connectivity index (χ0v) is 19.6. The molecule has 2 aliphatic heterocycles. The molecule has 2 saturated heterocycles. The van der Waals surface area contributed by atoms with Crippen molar-refractivity contribution in [2.45, 2.75) is 26.8 Å². The molecule has 3 aromatic rings. The van der Waals surface area contributed by atoms with Crippen molar-refractivity contribution in [1.82, 2.24) is 30.0 Å². The number of tetrazole rings is 1. The highest BCUT2D eigenvalue weighted by atomic mass is 16.2.